The predicted octanol–water partition coefficient (Wildman–Crippen LogP) is 6.30. The van der Waals surface area contributed by atoms with Gasteiger partial charge in [-0.15, -0.1) is 0 Å². The number of anilines is 1. The lowest BCUT2D eigenvalue weighted by Crippen LogP contribution is -2.25. The Hall–Kier alpha value is -2.14. The molecule has 0 radical (unpaired) electrons. The normalized spacial score (nSPS) is 17.8. The van der Waals surface area contributed by atoms with Gasteiger partial charge in [-0.1, -0.05) is 61.3 Å². The first kappa shape index (κ1) is 21.1. The topological polar surface area (TPSA) is 47.0 Å². The Kier molecular flexibility index (Phi) is 6.28. The Morgan fingerprint density at radius 1 is 1.03 bits per heavy atom. The number of hydrogen-bond acceptors (Lipinski definition) is 4. The minimum atomic E-state index is 0.0421. The van der Waals surface area contributed by atoms with Crippen LogP contribution in [0.15, 0.2) is 42.5 Å². The first-order valence-corrected chi connectivity index (χ1v) is 11.0. The summed E-state index contributed by atoms with van der Waals surface area (Å²) in [6.07, 6.45) is 2.45. The van der Waals surface area contributed by atoms with Gasteiger partial charge in [0.05, 0.1) is 34.3 Å². The number of nitrogens with one attached hydrogen (secondary N) is 1. The summed E-state index contributed by atoms with van der Waals surface area (Å²) in [5.74, 6) is 0.812. The van der Waals surface area contributed by atoms with E-state index < -0.39 is 0 Å². The lowest BCUT2D eigenvalue weighted by Gasteiger charge is -2.23. The highest BCUT2D eigenvalue weighted by Gasteiger charge is 2.33. The fourth-order valence-corrected chi connectivity index (χ4v) is 4.60. The van der Waals surface area contributed by atoms with Crippen LogP contribution in [0.2, 0.25) is 10.0 Å². The summed E-state index contributed by atoms with van der Waals surface area (Å²) in [5, 5.41) is 4.83. The van der Waals surface area contributed by atoms with Gasteiger partial charge >= 0.3 is 0 Å². The molecule has 0 saturated heterocycles. The molecule has 1 N–H and O–H groups in total. The van der Waals surface area contributed by atoms with E-state index in [1.54, 1.807) is 13.2 Å². The first-order chi connectivity index (χ1) is 14.5. The molecular weight excluding hydrogens is 417 g/mol. The van der Waals surface area contributed by atoms with Gasteiger partial charge in [-0.2, -0.15) is 0 Å². The number of halogens is 2. The lowest BCUT2D eigenvalue weighted by molar-refractivity contribution is 0.0959. The van der Waals surface area contributed by atoms with Gasteiger partial charge in [-0.05, 0) is 42.2 Å². The average Bonchev–Trinajstić information content (AvgIpc) is 3.11. The van der Waals surface area contributed by atoms with E-state index in [9.17, 15) is 0 Å². The molecule has 0 unspecified atom stereocenters. The van der Waals surface area contributed by atoms with Crippen molar-refractivity contribution in [2.75, 3.05) is 12.4 Å². The number of rotatable bonds is 6. The van der Waals surface area contributed by atoms with Crippen molar-refractivity contribution in [3.8, 4) is 11.3 Å². The third kappa shape index (κ3) is 3.92. The molecule has 6 heteroatoms. The number of aromatic nitrogens is 2. The summed E-state index contributed by atoms with van der Waals surface area (Å²) in [4.78, 5) is 9.96. The number of methoxy groups -OCH3 is 1. The summed E-state index contributed by atoms with van der Waals surface area (Å²) in [7, 11) is 1.76. The van der Waals surface area contributed by atoms with E-state index in [2.05, 4.69) is 43.4 Å². The number of ether oxygens (including phenoxy) is 1. The standard InChI is InChI=1S/C24H25Cl2N3O/c1-4-19-22(17-11-10-15(25)13-18(17)26)27-20(5-2)24(28-19)29-23-16-9-7-6-8-14(16)12-21(23)30-3/h6-11,13,21,23H,4-5,12H2,1-3H3,(H,28,29)/t21-,23-/m0/s1. The van der Waals surface area contributed by atoms with Gasteiger partial charge in [0.15, 0.2) is 0 Å². The van der Waals surface area contributed by atoms with Crippen LogP contribution in [0, 0.1) is 0 Å². The van der Waals surface area contributed by atoms with E-state index in [-0.39, 0.29) is 12.1 Å². The molecule has 0 aliphatic heterocycles. The Morgan fingerprint density at radius 3 is 2.50 bits per heavy atom. The quantitative estimate of drug-likeness (QED) is 0.487. The van der Waals surface area contributed by atoms with Crippen molar-refractivity contribution in [3.05, 3.63) is 75.0 Å². The molecule has 0 fully saturated rings. The zero-order valence-corrected chi connectivity index (χ0v) is 18.9. The number of aryl methyl sites for hydroxylation is 2. The zero-order valence-electron chi connectivity index (χ0n) is 17.4. The third-order valence-electron chi connectivity index (χ3n) is 5.67. The summed E-state index contributed by atoms with van der Waals surface area (Å²) in [6, 6.07) is 14.0. The van der Waals surface area contributed by atoms with Gasteiger partial charge in [-0.25, -0.2) is 9.97 Å². The Balaban J connectivity index is 1.76. The van der Waals surface area contributed by atoms with Crippen molar-refractivity contribution in [2.45, 2.75) is 45.3 Å². The lowest BCUT2D eigenvalue weighted by atomic mass is 10.1. The van der Waals surface area contributed by atoms with Crippen molar-refractivity contribution < 1.29 is 4.74 Å². The Labute approximate surface area is 187 Å². The zero-order chi connectivity index (χ0) is 21.3. The molecule has 156 valence electrons. The number of benzene rings is 2. The smallest absolute Gasteiger partial charge is 0.148 e. The molecular formula is C24H25Cl2N3O. The number of hydrogen-bond donors (Lipinski definition) is 1. The van der Waals surface area contributed by atoms with E-state index in [0.717, 1.165) is 47.7 Å². The van der Waals surface area contributed by atoms with Gasteiger partial charge in [0.1, 0.15) is 5.82 Å². The predicted molar refractivity (Wildman–Crippen MR) is 124 cm³/mol. The summed E-state index contributed by atoms with van der Waals surface area (Å²) in [5.41, 5.74) is 6.06. The van der Waals surface area contributed by atoms with E-state index in [1.165, 1.54) is 11.1 Å². The van der Waals surface area contributed by atoms with Crippen LogP contribution in [-0.2, 0) is 24.0 Å². The van der Waals surface area contributed by atoms with Crippen LogP contribution in [-0.4, -0.2) is 23.2 Å². The van der Waals surface area contributed by atoms with Crippen LogP contribution >= 0.6 is 23.2 Å². The van der Waals surface area contributed by atoms with Crippen LogP contribution in [0.5, 0.6) is 0 Å². The molecule has 1 heterocycles. The molecule has 2 atom stereocenters. The van der Waals surface area contributed by atoms with Gasteiger partial charge in [-0.3, -0.25) is 0 Å². The molecule has 0 bridgehead atoms. The van der Waals surface area contributed by atoms with Gasteiger partial charge in [0.2, 0.25) is 0 Å². The van der Waals surface area contributed by atoms with Crippen LogP contribution in [0.3, 0.4) is 0 Å². The van der Waals surface area contributed by atoms with Crippen molar-refractivity contribution in [3.63, 3.8) is 0 Å². The van der Waals surface area contributed by atoms with Crippen molar-refractivity contribution in [1.29, 1.82) is 0 Å². The van der Waals surface area contributed by atoms with Gasteiger partial charge < -0.3 is 10.1 Å². The van der Waals surface area contributed by atoms with Crippen LogP contribution in [0.25, 0.3) is 11.3 Å². The molecule has 0 saturated carbocycles. The molecule has 1 aromatic heterocycles. The molecule has 2 aromatic carbocycles. The second-order valence-corrected chi connectivity index (χ2v) is 8.29. The van der Waals surface area contributed by atoms with Crippen LogP contribution in [0.1, 0.15) is 42.4 Å². The highest BCUT2D eigenvalue weighted by atomic mass is 35.5. The Bertz CT molecular complexity index is 1070. The number of fused-ring (bicyclic) bond motifs is 1. The van der Waals surface area contributed by atoms with Crippen LogP contribution < -0.4 is 5.32 Å². The summed E-state index contributed by atoms with van der Waals surface area (Å²) < 4.78 is 5.79. The van der Waals surface area contributed by atoms with E-state index in [1.807, 2.05) is 12.1 Å². The third-order valence-corrected chi connectivity index (χ3v) is 6.22. The minimum Gasteiger partial charge on any atom is -0.379 e. The minimum absolute atomic E-state index is 0.0421. The van der Waals surface area contributed by atoms with Crippen molar-refractivity contribution in [1.82, 2.24) is 9.97 Å². The van der Waals surface area contributed by atoms with E-state index >= 15 is 0 Å². The van der Waals surface area contributed by atoms with Crippen molar-refractivity contribution in [2.24, 2.45) is 0 Å². The molecule has 4 rings (SSSR count). The largest absolute Gasteiger partial charge is 0.379 e. The molecule has 1 aliphatic carbocycles. The second-order valence-electron chi connectivity index (χ2n) is 7.44. The highest BCUT2D eigenvalue weighted by molar-refractivity contribution is 6.36. The van der Waals surface area contributed by atoms with Gasteiger partial charge in [0, 0.05) is 24.1 Å². The monoisotopic (exact) mass is 441 g/mol. The molecule has 1 aliphatic rings. The molecule has 0 amide bonds. The number of nitrogens with zero attached hydrogens (tertiary/aromatic N) is 2. The molecule has 3 aromatic rings. The fourth-order valence-electron chi connectivity index (χ4n) is 4.11. The molecule has 4 nitrogen and oxygen atoms in total. The van der Waals surface area contributed by atoms with Crippen LogP contribution in [0.4, 0.5) is 5.82 Å². The second kappa shape index (κ2) is 8.93. The first-order valence-electron chi connectivity index (χ1n) is 10.3. The molecule has 30 heavy (non-hydrogen) atoms. The maximum atomic E-state index is 6.48. The fraction of sp³-hybridized carbons (Fsp3) is 0.333. The van der Waals surface area contributed by atoms with E-state index in [0.29, 0.717) is 10.0 Å². The van der Waals surface area contributed by atoms with Gasteiger partial charge in [0.25, 0.3) is 0 Å². The summed E-state index contributed by atoms with van der Waals surface area (Å²) >= 11 is 12.6. The van der Waals surface area contributed by atoms with E-state index in [4.69, 9.17) is 37.9 Å². The highest BCUT2D eigenvalue weighted by Crippen LogP contribution is 2.37. The molecule has 0 spiro atoms. The maximum absolute atomic E-state index is 6.48. The summed E-state index contributed by atoms with van der Waals surface area (Å²) in [6.45, 7) is 4.17. The average molecular weight is 442 g/mol. The van der Waals surface area contributed by atoms with Crippen molar-refractivity contribution >= 4 is 29.0 Å². The maximum Gasteiger partial charge on any atom is 0.148 e. The SMILES string of the molecule is CCc1nc(-c2ccc(Cl)cc2Cl)c(CC)nc1N[C@H]1c2ccccc2C[C@@H]1OC. The Morgan fingerprint density at radius 2 is 1.80 bits per heavy atom.